The maximum atomic E-state index is 12.5. The van der Waals surface area contributed by atoms with Gasteiger partial charge in [-0.1, -0.05) is 12.1 Å². The summed E-state index contributed by atoms with van der Waals surface area (Å²) in [6, 6.07) is 9.18. The van der Waals surface area contributed by atoms with Gasteiger partial charge in [0.2, 0.25) is 10.0 Å². The predicted molar refractivity (Wildman–Crippen MR) is 100 cm³/mol. The van der Waals surface area contributed by atoms with Crippen molar-refractivity contribution in [1.29, 1.82) is 0 Å². The first-order valence-electron chi connectivity index (χ1n) is 9.08. The molecule has 0 aliphatic carbocycles. The second kappa shape index (κ2) is 6.72. The molecule has 0 radical (unpaired) electrons. The number of likely N-dealkylation sites (tertiary alicyclic amines) is 1. The molecule has 0 spiro atoms. The van der Waals surface area contributed by atoms with Gasteiger partial charge in [0.1, 0.15) is 16.4 Å². The van der Waals surface area contributed by atoms with E-state index >= 15 is 0 Å². The molecule has 2 N–H and O–H groups in total. The molecule has 0 bridgehead atoms. The molecule has 4 rings (SSSR count). The zero-order valence-corrected chi connectivity index (χ0v) is 16.0. The first-order valence-corrected chi connectivity index (χ1v) is 10.6. The van der Waals surface area contributed by atoms with Crippen molar-refractivity contribution >= 4 is 15.7 Å². The minimum Gasteiger partial charge on any atom is -0.465 e. The van der Waals surface area contributed by atoms with Crippen LogP contribution in [0, 0.1) is 19.8 Å². The maximum absolute atomic E-state index is 12.5. The third kappa shape index (κ3) is 3.39. The van der Waals surface area contributed by atoms with Crippen LogP contribution in [0.3, 0.4) is 0 Å². The summed E-state index contributed by atoms with van der Waals surface area (Å²) in [6.45, 7) is 6.74. The monoisotopic (exact) mass is 375 g/mol. The molecule has 1 atom stereocenters. The molecule has 6 nitrogen and oxygen atoms in total. The predicted octanol–water partition coefficient (Wildman–Crippen LogP) is 2.84. The summed E-state index contributed by atoms with van der Waals surface area (Å²) >= 11 is 0. The Kier molecular flexibility index (Phi) is 4.54. The van der Waals surface area contributed by atoms with Crippen molar-refractivity contribution in [1.82, 2.24) is 9.62 Å². The number of anilines is 1. The van der Waals surface area contributed by atoms with E-state index in [1.807, 2.05) is 19.1 Å². The number of piperidine rings is 1. The molecule has 2 aromatic rings. The van der Waals surface area contributed by atoms with Crippen LogP contribution >= 0.6 is 0 Å². The van der Waals surface area contributed by atoms with Gasteiger partial charge in [0.15, 0.2) is 0 Å². The molecular weight excluding hydrogens is 350 g/mol. The maximum Gasteiger partial charge on any atom is 0.244 e. The second-order valence-electron chi connectivity index (χ2n) is 7.30. The van der Waals surface area contributed by atoms with E-state index in [9.17, 15) is 8.42 Å². The van der Waals surface area contributed by atoms with E-state index in [1.165, 1.54) is 5.56 Å². The van der Waals surface area contributed by atoms with Crippen LogP contribution in [-0.4, -0.2) is 32.6 Å². The number of nitrogens with one attached hydrogen (secondary N) is 2. The van der Waals surface area contributed by atoms with Gasteiger partial charge in [0.25, 0.3) is 0 Å². The highest BCUT2D eigenvalue weighted by atomic mass is 32.2. The third-order valence-electron chi connectivity index (χ3n) is 5.47. The molecule has 3 heterocycles. The molecule has 1 aromatic carbocycles. The SMILES string of the molecule is Cc1cc(CN2CCC([C@@H]3Nc4ccccc4S(=O)(=O)N3)CC2)oc1C. The Labute approximate surface area is 154 Å². The lowest BCUT2D eigenvalue weighted by Crippen LogP contribution is -2.51. The van der Waals surface area contributed by atoms with Gasteiger partial charge in [-0.2, -0.15) is 4.72 Å². The van der Waals surface area contributed by atoms with Crippen molar-refractivity contribution in [3.05, 3.63) is 47.4 Å². The molecule has 1 saturated heterocycles. The van der Waals surface area contributed by atoms with Crippen LogP contribution in [0.5, 0.6) is 0 Å². The Morgan fingerprint density at radius 1 is 1.19 bits per heavy atom. The van der Waals surface area contributed by atoms with Gasteiger partial charge in [-0.05, 0) is 69.5 Å². The lowest BCUT2D eigenvalue weighted by Gasteiger charge is -2.38. The Balaban J connectivity index is 1.39. The Bertz CT molecular complexity index is 879. The number of furan rings is 1. The van der Waals surface area contributed by atoms with Crippen molar-refractivity contribution in [2.45, 2.75) is 44.3 Å². The second-order valence-corrected chi connectivity index (χ2v) is 8.99. The topological polar surface area (TPSA) is 74.6 Å². The van der Waals surface area contributed by atoms with Crippen LogP contribution in [0.2, 0.25) is 0 Å². The number of aryl methyl sites for hydroxylation is 2. The molecule has 1 aromatic heterocycles. The molecule has 0 unspecified atom stereocenters. The minimum absolute atomic E-state index is 0.245. The first-order chi connectivity index (χ1) is 12.4. The lowest BCUT2D eigenvalue weighted by molar-refractivity contribution is 0.154. The molecule has 140 valence electrons. The van der Waals surface area contributed by atoms with E-state index in [1.54, 1.807) is 12.1 Å². The number of nitrogens with zero attached hydrogens (tertiary/aromatic N) is 1. The summed E-state index contributed by atoms with van der Waals surface area (Å²) in [5, 5.41) is 3.37. The van der Waals surface area contributed by atoms with E-state index in [4.69, 9.17) is 4.42 Å². The highest BCUT2D eigenvalue weighted by Gasteiger charge is 2.35. The van der Waals surface area contributed by atoms with E-state index in [0.29, 0.717) is 10.6 Å². The van der Waals surface area contributed by atoms with Crippen LogP contribution in [0.4, 0.5) is 5.69 Å². The van der Waals surface area contributed by atoms with Crippen LogP contribution in [0.1, 0.15) is 29.9 Å². The van der Waals surface area contributed by atoms with E-state index in [2.05, 4.69) is 27.9 Å². The van der Waals surface area contributed by atoms with E-state index in [0.717, 1.165) is 44.0 Å². The number of hydrogen-bond acceptors (Lipinski definition) is 5. The zero-order chi connectivity index (χ0) is 18.3. The smallest absolute Gasteiger partial charge is 0.244 e. The van der Waals surface area contributed by atoms with Gasteiger partial charge >= 0.3 is 0 Å². The molecule has 0 saturated carbocycles. The van der Waals surface area contributed by atoms with Gasteiger partial charge in [-0.3, -0.25) is 4.90 Å². The van der Waals surface area contributed by atoms with Crippen molar-refractivity contribution in [3.8, 4) is 0 Å². The van der Waals surface area contributed by atoms with Gasteiger partial charge in [0, 0.05) is 0 Å². The summed E-state index contributed by atoms with van der Waals surface area (Å²) in [5.41, 5.74) is 1.88. The van der Waals surface area contributed by atoms with Gasteiger partial charge in [0.05, 0.1) is 18.4 Å². The highest BCUT2D eigenvalue weighted by Crippen LogP contribution is 2.31. The Morgan fingerprint density at radius 2 is 1.92 bits per heavy atom. The van der Waals surface area contributed by atoms with Crippen LogP contribution in [-0.2, 0) is 16.6 Å². The molecular formula is C19H25N3O3S. The fourth-order valence-corrected chi connectivity index (χ4v) is 5.24. The van der Waals surface area contributed by atoms with Gasteiger partial charge < -0.3 is 9.73 Å². The zero-order valence-electron chi connectivity index (χ0n) is 15.2. The molecule has 2 aliphatic rings. The van der Waals surface area contributed by atoms with Crippen molar-refractivity contribution in [2.75, 3.05) is 18.4 Å². The standard InChI is InChI=1S/C19H25N3O3S/c1-13-11-16(25-14(13)2)12-22-9-7-15(8-10-22)19-20-17-5-3-4-6-18(17)26(23,24)21-19/h3-6,11,15,19-21H,7-10,12H2,1-2H3/t19-/m1/s1. The van der Waals surface area contributed by atoms with E-state index < -0.39 is 10.0 Å². The number of para-hydroxylation sites is 1. The number of benzene rings is 1. The van der Waals surface area contributed by atoms with Crippen LogP contribution in [0.25, 0.3) is 0 Å². The Hall–Kier alpha value is -1.83. The number of hydrogen-bond donors (Lipinski definition) is 2. The van der Waals surface area contributed by atoms with E-state index in [-0.39, 0.29) is 12.1 Å². The van der Waals surface area contributed by atoms with Crippen molar-refractivity contribution in [3.63, 3.8) is 0 Å². The molecule has 7 heteroatoms. The van der Waals surface area contributed by atoms with Crippen molar-refractivity contribution in [2.24, 2.45) is 5.92 Å². The quantitative estimate of drug-likeness (QED) is 0.863. The average molecular weight is 375 g/mol. The van der Waals surface area contributed by atoms with Crippen LogP contribution in [0.15, 0.2) is 39.6 Å². The summed E-state index contributed by atoms with van der Waals surface area (Å²) in [5.74, 6) is 2.26. The fraction of sp³-hybridized carbons (Fsp3) is 0.474. The normalized spacial score (nSPS) is 23.4. The van der Waals surface area contributed by atoms with Gasteiger partial charge in [-0.15, -0.1) is 0 Å². The molecule has 26 heavy (non-hydrogen) atoms. The Morgan fingerprint density at radius 3 is 2.62 bits per heavy atom. The third-order valence-corrected chi connectivity index (χ3v) is 6.97. The molecule has 1 fully saturated rings. The number of rotatable bonds is 3. The number of fused-ring (bicyclic) bond motifs is 1. The minimum atomic E-state index is -3.45. The summed E-state index contributed by atoms with van der Waals surface area (Å²) in [7, 11) is -3.45. The lowest BCUT2D eigenvalue weighted by atomic mass is 9.93. The molecule has 0 amide bonds. The summed E-state index contributed by atoms with van der Waals surface area (Å²) in [4.78, 5) is 2.71. The van der Waals surface area contributed by atoms with Gasteiger partial charge in [-0.25, -0.2) is 8.42 Å². The largest absolute Gasteiger partial charge is 0.465 e. The van der Waals surface area contributed by atoms with Crippen LogP contribution < -0.4 is 10.0 Å². The van der Waals surface area contributed by atoms with Crippen molar-refractivity contribution < 1.29 is 12.8 Å². The molecule has 2 aliphatic heterocycles. The summed E-state index contributed by atoms with van der Waals surface area (Å²) in [6.07, 6.45) is 1.65. The number of sulfonamides is 1. The highest BCUT2D eigenvalue weighted by molar-refractivity contribution is 7.89. The first kappa shape index (κ1) is 17.6. The fourth-order valence-electron chi connectivity index (χ4n) is 3.85. The summed E-state index contributed by atoms with van der Waals surface area (Å²) < 4.78 is 33.6. The average Bonchev–Trinajstić information content (AvgIpc) is 2.92.